The summed E-state index contributed by atoms with van der Waals surface area (Å²) in [5.74, 6) is 0.434. The lowest BCUT2D eigenvalue weighted by Gasteiger charge is -2.31. The van der Waals surface area contributed by atoms with Crippen molar-refractivity contribution in [3.63, 3.8) is 0 Å². The predicted octanol–water partition coefficient (Wildman–Crippen LogP) is 3.82. The van der Waals surface area contributed by atoms with E-state index < -0.39 is 16.1 Å². The average molecular weight is 419 g/mol. The first-order valence-corrected chi connectivity index (χ1v) is 11.6. The topological polar surface area (TPSA) is 75.7 Å². The third-order valence-corrected chi connectivity index (χ3v) is 5.85. The highest BCUT2D eigenvalue weighted by atomic mass is 32.2. The highest BCUT2D eigenvalue weighted by Gasteiger charge is 2.32. The van der Waals surface area contributed by atoms with Crippen LogP contribution in [-0.2, 0) is 14.8 Å². The van der Waals surface area contributed by atoms with E-state index in [4.69, 9.17) is 4.74 Å². The number of ether oxygens (including phenoxy) is 1. The Hall–Kier alpha value is -2.54. The number of hydrogen-bond acceptors (Lipinski definition) is 4. The molecule has 0 aliphatic rings. The first kappa shape index (κ1) is 22.7. The number of amides is 1. The number of rotatable bonds is 9. The monoisotopic (exact) mass is 418 g/mol. The molecule has 0 heterocycles. The normalized spacial score (nSPS) is 13.4. The molecule has 0 aliphatic heterocycles. The minimum absolute atomic E-state index is 0.272. The van der Waals surface area contributed by atoms with Gasteiger partial charge in [-0.2, -0.15) is 0 Å². The molecule has 2 aromatic carbocycles. The molecular formula is C22H30N2O4S. The van der Waals surface area contributed by atoms with E-state index in [2.05, 4.69) is 5.32 Å². The van der Waals surface area contributed by atoms with Crippen LogP contribution in [0.5, 0.6) is 5.75 Å². The van der Waals surface area contributed by atoms with Crippen LogP contribution in [-0.4, -0.2) is 33.2 Å². The Morgan fingerprint density at radius 2 is 1.66 bits per heavy atom. The van der Waals surface area contributed by atoms with Crippen molar-refractivity contribution in [2.45, 2.75) is 46.2 Å². The molecule has 2 atom stereocenters. The summed E-state index contributed by atoms with van der Waals surface area (Å²) in [6.45, 7) is 8.11. The summed E-state index contributed by atoms with van der Waals surface area (Å²) >= 11 is 0. The van der Waals surface area contributed by atoms with Crippen molar-refractivity contribution in [3.8, 4) is 5.75 Å². The molecular weight excluding hydrogens is 388 g/mol. The summed E-state index contributed by atoms with van der Waals surface area (Å²) in [6.07, 6.45) is 1.47. The lowest BCUT2D eigenvalue weighted by atomic mass is 10.1. The molecule has 6 nitrogen and oxygen atoms in total. The van der Waals surface area contributed by atoms with E-state index in [0.29, 0.717) is 18.7 Å². The zero-order chi connectivity index (χ0) is 21.6. The van der Waals surface area contributed by atoms with Gasteiger partial charge in [-0.3, -0.25) is 9.10 Å². The average Bonchev–Trinajstić information content (AvgIpc) is 2.66. The molecule has 158 valence electrons. The second kappa shape index (κ2) is 9.78. The molecule has 0 fully saturated rings. The first-order valence-electron chi connectivity index (χ1n) is 9.76. The van der Waals surface area contributed by atoms with Gasteiger partial charge in [0.05, 0.1) is 24.6 Å². The van der Waals surface area contributed by atoms with Crippen LogP contribution in [0.2, 0.25) is 0 Å². The third kappa shape index (κ3) is 5.97. The maximum absolute atomic E-state index is 13.0. The number of sulfonamides is 1. The van der Waals surface area contributed by atoms with E-state index in [1.165, 1.54) is 4.31 Å². The second-order valence-corrected chi connectivity index (χ2v) is 8.91. The molecule has 0 aromatic heterocycles. The van der Waals surface area contributed by atoms with Gasteiger partial charge in [0.25, 0.3) is 0 Å². The van der Waals surface area contributed by atoms with Crippen LogP contribution in [0.15, 0.2) is 48.5 Å². The fraction of sp³-hybridized carbons (Fsp3) is 0.409. The summed E-state index contributed by atoms with van der Waals surface area (Å²) in [7, 11) is -3.64. The second-order valence-electron chi connectivity index (χ2n) is 7.05. The van der Waals surface area contributed by atoms with Crippen LogP contribution in [0, 0.1) is 6.92 Å². The molecule has 2 rings (SSSR count). The van der Waals surface area contributed by atoms with E-state index in [-0.39, 0.29) is 11.9 Å². The van der Waals surface area contributed by atoms with E-state index in [9.17, 15) is 13.2 Å². The SMILES string of the molecule is CCOc1ccc(C(C)NC(=O)C(CC)N(c2ccc(C)cc2)S(C)(=O)=O)cc1. The van der Waals surface area contributed by atoms with Crippen molar-refractivity contribution < 1.29 is 17.9 Å². The zero-order valence-corrected chi connectivity index (χ0v) is 18.5. The van der Waals surface area contributed by atoms with Gasteiger partial charge in [-0.1, -0.05) is 36.8 Å². The number of anilines is 1. The van der Waals surface area contributed by atoms with E-state index in [1.807, 2.05) is 57.2 Å². The summed E-state index contributed by atoms with van der Waals surface area (Å²) in [4.78, 5) is 13.0. The van der Waals surface area contributed by atoms with Crippen LogP contribution in [0.4, 0.5) is 5.69 Å². The molecule has 29 heavy (non-hydrogen) atoms. The van der Waals surface area contributed by atoms with Crippen LogP contribution in [0.3, 0.4) is 0 Å². The molecule has 7 heteroatoms. The minimum atomic E-state index is -3.64. The van der Waals surface area contributed by atoms with Crippen molar-refractivity contribution in [3.05, 3.63) is 59.7 Å². The molecule has 0 saturated carbocycles. The van der Waals surface area contributed by atoms with Crippen LogP contribution < -0.4 is 14.4 Å². The smallest absolute Gasteiger partial charge is 0.244 e. The molecule has 0 radical (unpaired) electrons. The lowest BCUT2D eigenvalue weighted by Crippen LogP contribution is -2.49. The summed E-state index contributed by atoms with van der Waals surface area (Å²) in [6, 6.07) is 13.5. The Morgan fingerprint density at radius 1 is 1.07 bits per heavy atom. The van der Waals surface area contributed by atoms with Crippen molar-refractivity contribution >= 4 is 21.6 Å². The molecule has 0 saturated heterocycles. The highest BCUT2D eigenvalue weighted by molar-refractivity contribution is 7.92. The molecule has 0 bridgehead atoms. The number of aryl methyl sites for hydroxylation is 1. The lowest BCUT2D eigenvalue weighted by molar-refractivity contribution is -0.122. The number of carbonyl (C=O) groups excluding carboxylic acids is 1. The van der Waals surface area contributed by atoms with E-state index in [0.717, 1.165) is 23.1 Å². The molecule has 2 unspecified atom stereocenters. The van der Waals surface area contributed by atoms with Crippen LogP contribution in [0.1, 0.15) is 44.4 Å². The minimum Gasteiger partial charge on any atom is -0.494 e. The van der Waals surface area contributed by atoms with Gasteiger partial charge in [-0.25, -0.2) is 8.42 Å². The fourth-order valence-corrected chi connectivity index (χ4v) is 4.38. The first-order chi connectivity index (χ1) is 13.7. The molecule has 0 aliphatic carbocycles. The van der Waals surface area contributed by atoms with Crippen molar-refractivity contribution in [2.24, 2.45) is 0 Å². The third-order valence-electron chi connectivity index (χ3n) is 4.67. The number of nitrogens with one attached hydrogen (secondary N) is 1. The highest BCUT2D eigenvalue weighted by Crippen LogP contribution is 2.24. The fourth-order valence-electron chi connectivity index (χ4n) is 3.16. The van der Waals surface area contributed by atoms with Crippen LogP contribution >= 0.6 is 0 Å². The largest absolute Gasteiger partial charge is 0.494 e. The van der Waals surface area contributed by atoms with Crippen molar-refractivity contribution in [1.29, 1.82) is 0 Å². The Balaban J connectivity index is 2.23. The molecule has 1 amide bonds. The van der Waals surface area contributed by atoms with Gasteiger partial charge < -0.3 is 10.1 Å². The van der Waals surface area contributed by atoms with Gasteiger partial charge in [-0.15, -0.1) is 0 Å². The molecule has 0 spiro atoms. The van der Waals surface area contributed by atoms with Gasteiger partial charge >= 0.3 is 0 Å². The predicted molar refractivity (Wildman–Crippen MR) is 117 cm³/mol. The van der Waals surface area contributed by atoms with Gasteiger partial charge in [0.1, 0.15) is 11.8 Å². The maximum atomic E-state index is 13.0. The van der Waals surface area contributed by atoms with Gasteiger partial charge in [0, 0.05) is 0 Å². The summed E-state index contributed by atoms with van der Waals surface area (Å²) < 4.78 is 31.7. The molecule has 2 aromatic rings. The zero-order valence-electron chi connectivity index (χ0n) is 17.7. The van der Waals surface area contributed by atoms with Crippen molar-refractivity contribution in [1.82, 2.24) is 5.32 Å². The Bertz CT molecular complexity index is 909. The van der Waals surface area contributed by atoms with E-state index in [1.54, 1.807) is 19.1 Å². The number of carbonyl (C=O) groups is 1. The quantitative estimate of drug-likeness (QED) is 0.672. The van der Waals surface area contributed by atoms with Crippen LogP contribution in [0.25, 0.3) is 0 Å². The van der Waals surface area contributed by atoms with Gasteiger partial charge in [-0.05, 0) is 57.0 Å². The number of benzene rings is 2. The van der Waals surface area contributed by atoms with Gasteiger partial charge in [0.15, 0.2) is 0 Å². The molecule has 1 N–H and O–H groups in total. The number of nitrogens with zero attached hydrogens (tertiary/aromatic N) is 1. The number of hydrogen-bond donors (Lipinski definition) is 1. The standard InChI is InChI=1S/C22H30N2O4S/c1-6-21(24(29(5,26)27)19-12-8-16(3)9-13-19)22(25)23-17(4)18-10-14-20(15-11-18)28-7-2/h8-15,17,21H,6-7H2,1-5H3,(H,23,25). The van der Waals surface area contributed by atoms with Crippen molar-refractivity contribution in [2.75, 3.05) is 17.2 Å². The maximum Gasteiger partial charge on any atom is 0.244 e. The summed E-state index contributed by atoms with van der Waals surface area (Å²) in [5, 5.41) is 2.95. The van der Waals surface area contributed by atoms with Gasteiger partial charge in [0.2, 0.25) is 15.9 Å². The van der Waals surface area contributed by atoms with E-state index >= 15 is 0 Å². The Morgan fingerprint density at radius 3 is 2.14 bits per heavy atom. The Kier molecular flexibility index (Phi) is 7.67. The summed E-state index contributed by atoms with van der Waals surface area (Å²) in [5.41, 5.74) is 2.41. The Labute approximate surface area is 173 Å².